The van der Waals surface area contributed by atoms with Crippen molar-refractivity contribution in [2.75, 3.05) is 26.2 Å². The van der Waals surface area contributed by atoms with Crippen LogP contribution in [0.5, 0.6) is 0 Å². The Bertz CT molecular complexity index is 1170. The van der Waals surface area contributed by atoms with Crippen LogP contribution in [0.25, 0.3) is 23.0 Å². The molecule has 1 aromatic heterocycles. The molecule has 6 nitrogen and oxygen atoms in total. The van der Waals surface area contributed by atoms with Gasteiger partial charge in [0.2, 0.25) is 11.8 Å². The SMILES string of the molecule is O=C(/C=C/c1cn(-c2ccccc2)nc1-c1ccc(F)cc1)N1CCN(C(=O)C2CC2)CC1. The van der Waals surface area contributed by atoms with Crippen molar-refractivity contribution in [3.05, 3.63) is 78.3 Å². The predicted octanol–water partition coefficient (Wildman–Crippen LogP) is 3.77. The topological polar surface area (TPSA) is 58.4 Å². The molecule has 0 bridgehead atoms. The van der Waals surface area contributed by atoms with E-state index >= 15 is 0 Å². The van der Waals surface area contributed by atoms with E-state index in [0.717, 1.165) is 29.7 Å². The quantitative estimate of drug-likeness (QED) is 0.563. The van der Waals surface area contributed by atoms with Gasteiger partial charge < -0.3 is 9.80 Å². The summed E-state index contributed by atoms with van der Waals surface area (Å²) < 4.78 is 15.2. The van der Waals surface area contributed by atoms with E-state index in [4.69, 9.17) is 5.10 Å². The summed E-state index contributed by atoms with van der Waals surface area (Å²) in [4.78, 5) is 28.7. The Morgan fingerprint density at radius 3 is 2.24 bits per heavy atom. The standard InChI is InChI=1S/C26H25FN4O2/c27-22-11-8-19(9-12-22)25-21(18-31(28-25)23-4-2-1-3-5-23)10-13-24(32)29-14-16-30(17-15-29)26(33)20-6-7-20/h1-5,8-13,18,20H,6-7,14-17H2/b13-10+. The van der Waals surface area contributed by atoms with Gasteiger partial charge in [-0.1, -0.05) is 18.2 Å². The highest BCUT2D eigenvalue weighted by atomic mass is 19.1. The van der Waals surface area contributed by atoms with Gasteiger partial charge in [-0.15, -0.1) is 0 Å². The number of aromatic nitrogens is 2. The zero-order chi connectivity index (χ0) is 22.8. The first-order valence-electron chi connectivity index (χ1n) is 11.3. The van der Waals surface area contributed by atoms with E-state index in [1.807, 2.05) is 41.4 Å². The van der Waals surface area contributed by atoms with Gasteiger partial charge in [-0.2, -0.15) is 5.10 Å². The fourth-order valence-corrected chi connectivity index (χ4v) is 4.06. The van der Waals surface area contributed by atoms with Crippen LogP contribution in [-0.2, 0) is 9.59 Å². The fourth-order valence-electron chi connectivity index (χ4n) is 4.06. The highest BCUT2D eigenvalue weighted by Gasteiger charge is 2.34. The number of rotatable bonds is 5. The summed E-state index contributed by atoms with van der Waals surface area (Å²) in [5, 5.41) is 4.70. The molecular weight excluding hydrogens is 419 g/mol. The third kappa shape index (κ3) is 4.72. The van der Waals surface area contributed by atoms with E-state index in [9.17, 15) is 14.0 Å². The minimum Gasteiger partial charge on any atom is -0.339 e. The average molecular weight is 445 g/mol. The van der Waals surface area contributed by atoms with Crippen molar-refractivity contribution in [1.29, 1.82) is 0 Å². The molecule has 5 rings (SSSR count). The third-order valence-electron chi connectivity index (χ3n) is 6.12. The normalized spacial score (nSPS) is 16.4. The van der Waals surface area contributed by atoms with Crippen molar-refractivity contribution in [3.63, 3.8) is 0 Å². The zero-order valence-corrected chi connectivity index (χ0v) is 18.2. The highest BCUT2D eigenvalue weighted by Crippen LogP contribution is 2.31. The first-order valence-corrected chi connectivity index (χ1v) is 11.3. The number of halogens is 1. The Morgan fingerprint density at radius 1 is 0.909 bits per heavy atom. The van der Waals surface area contributed by atoms with Crippen LogP contribution < -0.4 is 0 Å². The number of carbonyl (C=O) groups excluding carboxylic acids is 2. The van der Waals surface area contributed by atoms with Crippen LogP contribution in [-0.4, -0.2) is 57.6 Å². The van der Waals surface area contributed by atoms with Gasteiger partial charge >= 0.3 is 0 Å². The van der Waals surface area contributed by atoms with Crippen LogP contribution in [0.2, 0.25) is 0 Å². The summed E-state index contributed by atoms with van der Waals surface area (Å²) in [6, 6.07) is 15.9. The van der Waals surface area contributed by atoms with Gasteiger partial charge in [0, 0.05) is 55.5 Å². The second kappa shape index (κ2) is 9.02. The van der Waals surface area contributed by atoms with E-state index in [1.165, 1.54) is 12.1 Å². The maximum absolute atomic E-state index is 13.4. The van der Waals surface area contributed by atoms with Crippen molar-refractivity contribution in [2.24, 2.45) is 5.92 Å². The molecule has 2 fully saturated rings. The molecule has 168 valence electrons. The molecular formula is C26H25FN4O2. The number of piperazine rings is 1. The van der Waals surface area contributed by atoms with Crippen molar-refractivity contribution in [1.82, 2.24) is 19.6 Å². The molecule has 1 saturated carbocycles. The summed E-state index contributed by atoms with van der Waals surface area (Å²) in [5.74, 6) is 0.0342. The lowest BCUT2D eigenvalue weighted by Crippen LogP contribution is -2.50. The molecule has 2 aliphatic rings. The number of para-hydroxylation sites is 1. The number of amides is 2. The lowest BCUT2D eigenvalue weighted by atomic mass is 10.1. The van der Waals surface area contributed by atoms with E-state index in [1.54, 1.807) is 33.9 Å². The van der Waals surface area contributed by atoms with E-state index < -0.39 is 0 Å². The van der Waals surface area contributed by atoms with Crippen LogP contribution in [0, 0.1) is 11.7 Å². The van der Waals surface area contributed by atoms with Crippen LogP contribution in [0.4, 0.5) is 4.39 Å². The third-order valence-corrected chi connectivity index (χ3v) is 6.12. The lowest BCUT2D eigenvalue weighted by molar-refractivity contribution is -0.138. The van der Waals surface area contributed by atoms with Crippen LogP contribution in [0.3, 0.4) is 0 Å². The molecule has 3 aromatic rings. The number of nitrogens with zero attached hydrogens (tertiary/aromatic N) is 4. The molecule has 2 amide bonds. The number of hydrogen-bond acceptors (Lipinski definition) is 3. The summed E-state index contributed by atoms with van der Waals surface area (Å²) >= 11 is 0. The average Bonchev–Trinajstić information content (AvgIpc) is 3.62. The van der Waals surface area contributed by atoms with Gasteiger partial charge in [-0.05, 0) is 55.3 Å². The monoisotopic (exact) mass is 444 g/mol. The Morgan fingerprint density at radius 2 is 1.58 bits per heavy atom. The summed E-state index contributed by atoms with van der Waals surface area (Å²) in [5.41, 5.74) is 3.10. The van der Waals surface area contributed by atoms with Gasteiger partial charge in [-0.3, -0.25) is 9.59 Å². The molecule has 0 radical (unpaired) electrons. The summed E-state index contributed by atoms with van der Waals surface area (Å²) in [7, 11) is 0. The van der Waals surface area contributed by atoms with Gasteiger partial charge in [0.05, 0.1) is 11.4 Å². The molecule has 1 aliphatic carbocycles. The minimum absolute atomic E-state index is 0.0916. The summed E-state index contributed by atoms with van der Waals surface area (Å²) in [6.45, 7) is 2.24. The molecule has 0 unspecified atom stereocenters. The molecule has 7 heteroatoms. The van der Waals surface area contributed by atoms with Crippen molar-refractivity contribution < 1.29 is 14.0 Å². The molecule has 0 atom stereocenters. The van der Waals surface area contributed by atoms with Crippen molar-refractivity contribution >= 4 is 17.9 Å². The number of carbonyl (C=O) groups is 2. The van der Waals surface area contributed by atoms with Crippen LogP contribution in [0.1, 0.15) is 18.4 Å². The molecule has 0 spiro atoms. The number of benzene rings is 2. The lowest BCUT2D eigenvalue weighted by Gasteiger charge is -2.34. The van der Waals surface area contributed by atoms with Crippen molar-refractivity contribution in [2.45, 2.75) is 12.8 Å². The highest BCUT2D eigenvalue weighted by molar-refractivity contribution is 5.93. The second-order valence-corrected chi connectivity index (χ2v) is 8.48. The summed E-state index contributed by atoms with van der Waals surface area (Å²) in [6.07, 6.45) is 7.17. The van der Waals surface area contributed by atoms with Crippen molar-refractivity contribution in [3.8, 4) is 16.9 Å². The van der Waals surface area contributed by atoms with Gasteiger partial charge in [0.15, 0.2) is 0 Å². The van der Waals surface area contributed by atoms with Crippen LogP contribution >= 0.6 is 0 Å². The maximum atomic E-state index is 13.4. The van der Waals surface area contributed by atoms with Crippen LogP contribution in [0.15, 0.2) is 66.9 Å². The molecule has 1 aliphatic heterocycles. The smallest absolute Gasteiger partial charge is 0.246 e. The number of hydrogen-bond donors (Lipinski definition) is 0. The molecule has 2 aromatic carbocycles. The second-order valence-electron chi connectivity index (χ2n) is 8.48. The molecule has 1 saturated heterocycles. The first kappa shape index (κ1) is 21.1. The van der Waals surface area contributed by atoms with E-state index in [-0.39, 0.29) is 23.5 Å². The molecule has 2 heterocycles. The Balaban J connectivity index is 1.34. The van der Waals surface area contributed by atoms with Gasteiger partial charge in [0.25, 0.3) is 0 Å². The fraction of sp³-hybridized carbons (Fsp3) is 0.269. The van der Waals surface area contributed by atoms with E-state index in [2.05, 4.69) is 0 Å². The predicted molar refractivity (Wildman–Crippen MR) is 124 cm³/mol. The Labute approximate surface area is 191 Å². The van der Waals surface area contributed by atoms with Gasteiger partial charge in [-0.25, -0.2) is 9.07 Å². The molecule has 0 N–H and O–H groups in total. The largest absolute Gasteiger partial charge is 0.339 e. The van der Waals surface area contributed by atoms with E-state index in [0.29, 0.717) is 31.9 Å². The minimum atomic E-state index is -0.312. The maximum Gasteiger partial charge on any atom is 0.246 e. The Hall–Kier alpha value is -3.74. The molecule has 33 heavy (non-hydrogen) atoms. The zero-order valence-electron chi connectivity index (χ0n) is 18.2. The first-order chi connectivity index (χ1) is 16.1. The van der Waals surface area contributed by atoms with Gasteiger partial charge in [0.1, 0.15) is 5.82 Å². The Kier molecular flexibility index (Phi) is 5.77.